The number of carbonyl (C=O) groups is 2. The summed E-state index contributed by atoms with van der Waals surface area (Å²) < 4.78 is 10.4. The first kappa shape index (κ1) is 18.2. The van der Waals surface area contributed by atoms with Crippen LogP contribution >= 0.6 is 0 Å². The first-order chi connectivity index (χ1) is 13.0. The number of carbonyl (C=O) groups excluding carboxylic acids is 2. The van der Waals surface area contributed by atoms with Crippen LogP contribution in [-0.2, 0) is 14.4 Å². The van der Waals surface area contributed by atoms with E-state index in [0.717, 1.165) is 17.3 Å². The summed E-state index contributed by atoms with van der Waals surface area (Å²) in [6, 6.07) is 10.7. The van der Waals surface area contributed by atoms with Crippen LogP contribution in [0.4, 0.5) is 11.4 Å². The van der Waals surface area contributed by atoms with Crippen molar-refractivity contribution in [3.05, 3.63) is 47.5 Å². The van der Waals surface area contributed by atoms with Gasteiger partial charge in [-0.1, -0.05) is 22.9 Å². The van der Waals surface area contributed by atoms with Crippen LogP contribution in [-0.4, -0.2) is 31.4 Å². The molecule has 2 amide bonds. The molecule has 1 heterocycles. The van der Waals surface area contributed by atoms with Crippen LogP contribution in [0.2, 0.25) is 0 Å². The number of aryl methyl sites for hydroxylation is 2. The summed E-state index contributed by atoms with van der Waals surface area (Å²) in [7, 11) is 0. The Balaban J connectivity index is 1.43. The van der Waals surface area contributed by atoms with Gasteiger partial charge in [0.1, 0.15) is 6.21 Å². The quantitative estimate of drug-likeness (QED) is 0.602. The molecule has 0 aromatic heterocycles. The molecule has 140 valence electrons. The molecule has 0 saturated carbocycles. The summed E-state index contributed by atoms with van der Waals surface area (Å²) in [5.74, 6) is 0.331. The van der Waals surface area contributed by atoms with E-state index in [4.69, 9.17) is 14.3 Å². The molecule has 8 nitrogen and oxygen atoms in total. The van der Waals surface area contributed by atoms with Crippen molar-refractivity contribution in [1.29, 1.82) is 0 Å². The van der Waals surface area contributed by atoms with Crippen molar-refractivity contribution in [2.24, 2.45) is 5.16 Å². The molecule has 2 aromatic rings. The van der Waals surface area contributed by atoms with Gasteiger partial charge in [-0.25, -0.2) is 0 Å². The smallest absolute Gasteiger partial charge is 0.270 e. The highest BCUT2D eigenvalue weighted by Crippen LogP contribution is 2.34. The van der Waals surface area contributed by atoms with E-state index in [0.29, 0.717) is 22.9 Å². The monoisotopic (exact) mass is 369 g/mol. The minimum Gasteiger partial charge on any atom is -0.454 e. The summed E-state index contributed by atoms with van der Waals surface area (Å²) in [4.78, 5) is 28.5. The first-order valence-corrected chi connectivity index (χ1v) is 8.24. The van der Waals surface area contributed by atoms with Crippen LogP contribution < -0.4 is 20.1 Å². The predicted molar refractivity (Wildman–Crippen MR) is 100 cm³/mol. The fourth-order valence-corrected chi connectivity index (χ4v) is 2.47. The largest absolute Gasteiger partial charge is 0.454 e. The van der Waals surface area contributed by atoms with E-state index in [2.05, 4.69) is 15.8 Å². The lowest BCUT2D eigenvalue weighted by Crippen LogP contribution is -2.18. The average molecular weight is 369 g/mol. The number of hydrogen-bond acceptors (Lipinski definition) is 6. The zero-order valence-corrected chi connectivity index (χ0v) is 14.9. The van der Waals surface area contributed by atoms with Crippen LogP contribution in [0.15, 0.2) is 41.6 Å². The third-order valence-electron chi connectivity index (χ3n) is 3.74. The van der Waals surface area contributed by atoms with Crippen molar-refractivity contribution in [3.8, 4) is 11.5 Å². The van der Waals surface area contributed by atoms with Crippen LogP contribution in [0.25, 0.3) is 0 Å². The van der Waals surface area contributed by atoms with Crippen LogP contribution in [0.5, 0.6) is 11.5 Å². The van der Waals surface area contributed by atoms with Crippen molar-refractivity contribution in [3.63, 3.8) is 0 Å². The summed E-state index contributed by atoms with van der Waals surface area (Å²) in [5, 5.41) is 8.84. The lowest BCUT2D eigenvalue weighted by atomic mass is 10.1. The molecule has 27 heavy (non-hydrogen) atoms. The Labute approximate surface area is 156 Å². The van der Waals surface area contributed by atoms with E-state index in [9.17, 15) is 9.59 Å². The van der Waals surface area contributed by atoms with Gasteiger partial charge >= 0.3 is 0 Å². The number of nitrogens with one attached hydrogen (secondary N) is 2. The predicted octanol–water partition coefficient (Wildman–Crippen LogP) is 2.61. The van der Waals surface area contributed by atoms with Crippen LogP contribution in [0.3, 0.4) is 0 Å². The Hall–Kier alpha value is -3.55. The minimum absolute atomic E-state index is 0.161. The second kappa shape index (κ2) is 8.22. The standard InChI is InChI=1S/C19H19N3O5/c1-12-3-5-15(13(2)7-12)22-18(23)9-20-27-10-19(24)21-14-4-6-16-17(8-14)26-11-25-16/h3-9H,10-11H2,1-2H3,(H,21,24)(H,22,23)/b20-9-. The van der Waals surface area contributed by atoms with Crippen molar-refractivity contribution >= 4 is 29.4 Å². The van der Waals surface area contributed by atoms with Gasteiger partial charge in [0, 0.05) is 17.4 Å². The van der Waals surface area contributed by atoms with E-state index < -0.39 is 11.8 Å². The third-order valence-corrected chi connectivity index (χ3v) is 3.74. The lowest BCUT2D eigenvalue weighted by Gasteiger charge is -2.07. The van der Waals surface area contributed by atoms with Crippen LogP contribution in [0, 0.1) is 13.8 Å². The molecule has 2 N–H and O–H groups in total. The van der Waals surface area contributed by atoms with Gasteiger partial charge in [0.05, 0.1) is 0 Å². The number of fused-ring (bicyclic) bond motifs is 1. The van der Waals surface area contributed by atoms with Gasteiger partial charge in [-0.15, -0.1) is 0 Å². The van der Waals surface area contributed by atoms with Crippen molar-refractivity contribution in [2.45, 2.75) is 13.8 Å². The second-order valence-electron chi connectivity index (χ2n) is 5.93. The number of amides is 2. The van der Waals surface area contributed by atoms with E-state index in [1.807, 2.05) is 32.0 Å². The van der Waals surface area contributed by atoms with Gasteiger partial charge in [-0.3, -0.25) is 9.59 Å². The van der Waals surface area contributed by atoms with Gasteiger partial charge in [-0.2, -0.15) is 0 Å². The number of rotatable bonds is 6. The Morgan fingerprint density at radius 3 is 2.74 bits per heavy atom. The molecule has 0 spiro atoms. The van der Waals surface area contributed by atoms with Gasteiger partial charge in [0.2, 0.25) is 6.79 Å². The summed E-state index contributed by atoms with van der Waals surface area (Å²) in [5.41, 5.74) is 3.29. The van der Waals surface area contributed by atoms with Crippen molar-refractivity contribution < 1.29 is 23.9 Å². The number of nitrogens with zero attached hydrogens (tertiary/aromatic N) is 1. The maximum Gasteiger partial charge on any atom is 0.270 e. The molecule has 2 aromatic carbocycles. The molecule has 0 bridgehead atoms. The second-order valence-corrected chi connectivity index (χ2v) is 5.93. The Bertz CT molecular complexity index is 895. The Morgan fingerprint density at radius 1 is 1.11 bits per heavy atom. The Kier molecular flexibility index (Phi) is 5.55. The fraction of sp³-hybridized carbons (Fsp3) is 0.211. The van der Waals surface area contributed by atoms with Gasteiger partial charge in [-0.05, 0) is 37.6 Å². The zero-order chi connectivity index (χ0) is 19.2. The Morgan fingerprint density at radius 2 is 1.93 bits per heavy atom. The molecular weight excluding hydrogens is 350 g/mol. The highest BCUT2D eigenvalue weighted by atomic mass is 16.7. The van der Waals surface area contributed by atoms with Gasteiger partial charge in [0.15, 0.2) is 18.1 Å². The molecule has 0 saturated heterocycles. The molecule has 0 fully saturated rings. The molecule has 8 heteroatoms. The number of anilines is 2. The van der Waals surface area contributed by atoms with Crippen molar-refractivity contribution in [1.82, 2.24) is 0 Å². The van der Waals surface area contributed by atoms with Crippen LogP contribution in [0.1, 0.15) is 11.1 Å². The summed E-state index contributed by atoms with van der Waals surface area (Å²) in [6.07, 6.45) is 0.979. The average Bonchev–Trinajstić information content (AvgIpc) is 3.09. The fourth-order valence-electron chi connectivity index (χ4n) is 2.47. The number of hydrogen-bond donors (Lipinski definition) is 2. The minimum atomic E-state index is -0.446. The maximum atomic E-state index is 11.8. The SMILES string of the molecule is Cc1ccc(NC(=O)/C=N\OCC(=O)Nc2ccc3c(c2)OCO3)c(C)c1. The molecular formula is C19H19N3O5. The number of oxime groups is 1. The van der Waals surface area contributed by atoms with Gasteiger partial charge < -0.3 is 24.9 Å². The molecule has 1 aliphatic heterocycles. The zero-order valence-electron chi connectivity index (χ0n) is 14.9. The molecule has 0 aliphatic carbocycles. The van der Waals surface area contributed by atoms with E-state index >= 15 is 0 Å². The highest BCUT2D eigenvalue weighted by molar-refractivity contribution is 6.31. The molecule has 3 rings (SSSR count). The lowest BCUT2D eigenvalue weighted by molar-refractivity contribution is -0.120. The van der Waals surface area contributed by atoms with Crippen molar-refractivity contribution in [2.75, 3.05) is 24.0 Å². The van der Waals surface area contributed by atoms with E-state index in [-0.39, 0.29) is 13.4 Å². The molecule has 0 atom stereocenters. The maximum absolute atomic E-state index is 11.8. The van der Waals surface area contributed by atoms with Gasteiger partial charge in [0.25, 0.3) is 11.8 Å². The van der Waals surface area contributed by atoms with E-state index in [1.165, 1.54) is 0 Å². The highest BCUT2D eigenvalue weighted by Gasteiger charge is 2.14. The molecule has 1 aliphatic rings. The third kappa shape index (κ3) is 4.97. The molecule has 0 unspecified atom stereocenters. The topological polar surface area (TPSA) is 98.2 Å². The van der Waals surface area contributed by atoms with E-state index in [1.54, 1.807) is 18.2 Å². The normalized spacial score (nSPS) is 12.1. The summed E-state index contributed by atoms with van der Waals surface area (Å²) >= 11 is 0. The first-order valence-electron chi connectivity index (χ1n) is 8.24. The molecule has 0 radical (unpaired) electrons. The summed E-state index contributed by atoms with van der Waals surface area (Å²) in [6.45, 7) is 3.70. The number of ether oxygens (including phenoxy) is 2. The number of benzene rings is 2.